The van der Waals surface area contributed by atoms with Crippen LogP contribution < -0.4 is 10.1 Å². The number of imidazole rings is 1. The number of amides is 1. The Morgan fingerprint density at radius 1 is 1.50 bits per heavy atom. The molecule has 0 aliphatic carbocycles. The van der Waals surface area contributed by atoms with Crippen LogP contribution in [-0.4, -0.2) is 29.5 Å². The van der Waals surface area contributed by atoms with Crippen LogP contribution in [0.2, 0.25) is 5.02 Å². The van der Waals surface area contributed by atoms with Gasteiger partial charge >= 0.3 is 0 Å². The van der Waals surface area contributed by atoms with E-state index in [2.05, 4.69) is 15.3 Å². The first-order chi connectivity index (χ1) is 9.69. The number of rotatable bonds is 6. The average molecular weight is 294 g/mol. The monoisotopic (exact) mass is 293 g/mol. The molecule has 2 aromatic rings. The molecule has 0 bridgehead atoms. The molecule has 6 heteroatoms. The predicted octanol–water partition coefficient (Wildman–Crippen LogP) is 1.97. The fourth-order valence-electron chi connectivity index (χ4n) is 1.88. The molecule has 0 radical (unpaired) electrons. The summed E-state index contributed by atoms with van der Waals surface area (Å²) in [5.74, 6) is 0.600. The first-order valence-corrected chi connectivity index (χ1v) is 6.63. The third kappa shape index (κ3) is 3.99. The lowest BCUT2D eigenvalue weighted by Crippen LogP contribution is -2.27. The summed E-state index contributed by atoms with van der Waals surface area (Å²) in [6.07, 6.45) is 4.32. The van der Waals surface area contributed by atoms with Crippen molar-refractivity contribution in [3.63, 3.8) is 0 Å². The molecule has 1 amide bonds. The van der Waals surface area contributed by atoms with E-state index >= 15 is 0 Å². The smallest absolute Gasteiger partial charge is 0.224 e. The van der Waals surface area contributed by atoms with Gasteiger partial charge in [0.1, 0.15) is 5.75 Å². The Morgan fingerprint density at radius 2 is 2.35 bits per heavy atom. The highest BCUT2D eigenvalue weighted by Crippen LogP contribution is 2.22. The Morgan fingerprint density at radius 3 is 3.05 bits per heavy atom. The second kappa shape index (κ2) is 6.96. The summed E-state index contributed by atoms with van der Waals surface area (Å²) in [6, 6.07) is 5.24. The number of nitrogens with zero attached hydrogens (tertiary/aromatic N) is 1. The van der Waals surface area contributed by atoms with Crippen molar-refractivity contribution < 1.29 is 9.53 Å². The van der Waals surface area contributed by atoms with Gasteiger partial charge in [-0.05, 0) is 18.2 Å². The molecular formula is C14H16ClN3O2. The van der Waals surface area contributed by atoms with Crippen LogP contribution in [0.25, 0.3) is 0 Å². The molecule has 0 saturated heterocycles. The number of carbonyl (C=O) groups excluding carboxylic acids is 1. The van der Waals surface area contributed by atoms with Gasteiger partial charge in [-0.2, -0.15) is 0 Å². The van der Waals surface area contributed by atoms with Crippen LogP contribution in [0, 0.1) is 0 Å². The second-order valence-corrected chi connectivity index (χ2v) is 4.75. The zero-order valence-corrected chi connectivity index (χ0v) is 11.9. The van der Waals surface area contributed by atoms with Gasteiger partial charge in [-0.25, -0.2) is 4.98 Å². The van der Waals surface area contributed by atoms with Gasteiger partial charge in [-0.3, -0.25) is 4.79 Å². The molecule has 0 spiro atoms. The maximum atomic E-state index is 11.9. The summed E-state index contributed by atoms with van der Waals surface area (Å²) in [6.45, 7) is 0.559. The largest absolute Gasteiger partial charge is 0.496 e. The normalized spacial score (nSPS) is 10.3. The molecule has 1 aromatic carbocycles. The van der Waals surface area contributed by atoms with E-state index < -0.39 is 0 Å². The number of aromatic nitrogens is 2. The quantitative estimate of drug-likeness (QED) is 0.856. The zero-order valence-electron chi connectivity index (χ0n) is 11.1. The van der Waals surface area contributed by atoms with Crippen molar-refractivity contribution in [1.29, 1.82) is 0 Å². The third-order valence-electron chi connectivity index (χ3n) is 2.86. The standard InChI is InChI=1S/C14H16ClN3O2/c1-20-13-3-2-11(15)6-10(13)7-14(19)17-5-4-12-8-16-9-18-12/h2-3,6,8-9H,4-5,7H2,1H3,(H,16,18)(H,17,19). The Balaban J connectivity index is 1.86. The van der Waals surface area contributed by atoms with Crippen LogP contribution in [0.3, 0.4) is 0 Å². The van der Waals surface area contributed by atoms with E-state index in [0.717, 1.165) is 17.7 Å². The van der Waals surface area contributed by atoms with Gasteiger partial charge in [0.25, 0.3) is 0 Å². The first-order valence-electron chi connectivity index (χ1n) is 6.25. The van der Waals surface area contributed by atoms with Crippen LogP contribution in [-0.2, 0) is 17.6 Å². The molecule has 5 nitrogen and oxygen atoms in total. The molecule has 0 aliphatic rings. The summed E-state index contributed by atoms with van der Waals surface area (Å²) in [5.41, 5.74) is 1.77. The molecule has 1 heterocycles. The van der Waals surface area contributed by atoms with E-state index in [-0.39, 0.29) is 12.3 Å². The minimum atomic E-state index is -0.0647. The maximum Gasteiger partial charge on any atom is 0.224 e. The Kier molecular flexibility index (Phi) is 5.01. The lowest BCUT2D eigenvalue weighted by atomic mass is 10.1. The fourth-order valence-corrected chi connectivity index (χ4v) is 2.07. The number of methoxy groups -OCH3 is 1. The lowest BCUT2D eigenvalue weighted by Gasteiger charge is -2.09. The van der Waals surface area contributed by atoms with Crippen molar-refractivity contribution in [3.8, 4) is 5.75 Å². The highest BCUT2D eigenvalue weighted by Gasteiger charge is 2.09. The second-order valence-electron chi connectivity index (χ2n) is 4.31. The number of hydrogen-bond acceptors (Lipinski definition) is 3. The number of aromatic amines is 1. The Hall–Kier alpha value is -2.01. The molecule has 0 saturated carbocycles. The van der Waals surface area contributed by atoms with Crippen molar-refractivity contribution in [2.45, 2.75) is 12.8 Å². The first kappa shape index (κ1) is 14.4. The highest BCUT2D eigenvalue weighted by molar-refractivity contribution is 6.30. The molecule has 0 atom stereocenters. The van der Waals surface area contributed by atoms with Gasteiger partial charge in [0.05, 0.1) is 19.9 Å². The van der Waals surface area contributed by atoms with E-state index in [4.69, 9.17) is 16.3 Å². The molecule has 106 valence electrons. The molecular weight excluding hydrogens is 278 g/mol. The minimum absolute atomic E-state index is 0.0647. The van der Waals surface area contributed by atoms with Crippen LogP contribution >= 0.6 is 11.6 Å². The van der Waals surface area contributed by atoms with Crippen molar-refractivity contribution >= 4 is 17.5 Å². The van der Waals surface area contributed by atoms with Crippen LogP contribution in [0.15, 0.2) is 30.7 Å². The van der Waals surface area contributed by atoms with Gasteiger partial charge in [0.2, 0.25) is 5.91 Å². The SMILES string of the molecule is COc1ccc(Cl)cc1CC(=O)NCCc1cnc[nH]1. The molecule has 2 N–H and O–H groups in total. The number of nitrogens with one attached hydrogen (secondary N) is 2. The van der Waals surface area contributed by atoms with Crippen LogP contribution in [0.4, 0.5) is 0 Å². The number of ether oxygens (including phenoxy) is 1. The molecule has 0 unspecified atom stereocenters. The third-order valence-corrected chi connectivity index (χ3v) is 3.10. The number of H-pyrrole nitrogens is 1. The topological polar surface area (TPSA) is 67.0 Å². The number of hydrogen-bond donors (Lipinski definition) is 2. The Bertz CT molecular complexity index is 570. The maximum absolute atomic E-state index is 11.9. The number of carbonyl (C=O) groups is 1. The zero-order chi connectivity index (χ0) is 14.4. The lowest BCUT2D eigenvalue weighted by molar-refractivity contribution is -0.120. The molecule has 2 rings (SSSR count). The molecule has 0 fully saturated rings. The van der Waals surface area contributed by atoms with Crippen molar-refractivity contribution in [2.75, 3.05) is 13.7 Å². The van der Waals surface area contributed by atoms with Crippen LogP contribution in [0.1, 0.15) is 11.3 Å². The van der Waals surface area contributed by atoms with Crippen molar-refractivity contribution in [3.05, 3.63) is 47.0 Å². The van der Waals surface area contributed by atoms with E-state index in [9.17, 15) is 4.79 Å². The summed E-state index contributed by atoms with van der Waals surface area (Å²) in [5, 5.41) is 3.44. The summed E-state index contributed by atoms with van der Waals surface area (Å²) < 4.78 is 5.21. The van der Waals surface area contributed by atoms with Gasteiger partial charge in [-0.1, -0.05) is 11.6 Å². The number of benzene rings is 1. The van der Waals surface area contributed by atoms with Gasteiger partial charge in [0.15, 0.2) is 0 Å². The van der Waals surface area contributed by atoms with E-state index in [0.29, 0.717) is 17.3 Å². The fraction of sp³-hybridized carbons (Fsp3) is 0.286. The van der Waals surface area contributed by atoms with E-state index in [1.807, 2.05) is 0 Å². The summed E-state index contributed by atoms with van der Waals surface area (Å²) in [4.78, 5) is 18.8. The summed E-state index contributed by atoms with van der Waals surface area (Å²) in [7, 11) is 1.57. The number of halogens is 1. The molecule has 20 heavy (non-hydrogen) atoms. The molecule has 0 aliphatic heterocycles. The van der Waals surface area contributed by atoms with Gasteiger partial charge in [-0.15, -0.1) is 0 Å². The Labute approximate surface area is 122 Å². The van der Waals surface area contributed by atoms with E-state index in [1.165, 1.54) is 0 Å². The average Bonchev–Trinajstić information content (AvgIpc) is 2.92. The summed E-state index contributed by atoms with van der Waals surface area (Å²) >= 11 is 5.93. The van der Waals surface area contributed by atoms with E-state index in [1.54, 1.807) is 37.8 Å². The van der Waals surface area contributed by atoms with Crippen molar-refractivity contribution in [1.82, 2.24) is 15.3 Å². The molecule has 1 aromatic heterocycles. The van der Waals surface area contributed by atoms with Crippen LogP contribution in [0.5, 0.6) is 5.75 Å². The highest BCUT2D eigenvalue weighted by atomic mass is 35.5. The minimum Gasteiger partial charge on any atom is -0.496 e. The predicted molar refractivity (Wildman–Crippen MR) is 77.0 cm³/mol. The van der Waals surface area contributed by atoms with Gasteiger partial charge in [0, 0.05) is 35.4 Å². The van der Waals surface area contributed by atoms with Crippen molar-refractivity contribution in [2.24, 2.45) is 0 Å². The van der Waals surface area contributed by atoms with Gasteiger partial charge < -0.3 is 15.0 Å².